The summed E-state index contributed by atoms with van der Waals surface area (Å²) in [7, 11) is -3.38. The van der Waals surface area contributed by atoms with Crippen LogP contribution in [-0.4, -0.2) is 33.4 Å². The smallest absolute Gasteiger partial charge is 0.215 e. The number of nitrogens with one attached hydrogen (secondary N) is 1. The van der Waals surface area contributed by atoms with Crippen molar-refractivity contribution < 1.29 is 17.9 Å². The van der Waals surface area contributed by atoms with Gasteiger partial charge in [0.2, 0.25) is 10.0 Å². The fourth-order valence-electron chi connectivity index (χ4n) is 2.62. The maximum Gasteiger partial charge on any atom is 0.215 e. The molecule has 0 saturated carbocycles. The molecule has 128 valence electrons. The Labute approximate surface area is 142 Å². The summed E-state index contributed by atoms with van der Waals surface area (Å²) in [4.78, 5) is 0. The molecule has 0 spiro atoms. The van der Waals surface area contributed by atoms with E-state index in [0.29, 0.717) is 12.4 Å². The van der Waals surface area contributed by atoms with Gasteiger partial charge in [-0.05, 0) is 23.3 Å². The Kier molecular flexibility index (Phi) is 5.50. The lowest BCUT2D eigenvalue weighted by atomic mass is 9.99. The molecule has 1 aliphatic heterocycles. The van der Waals surface area contributed by atoms with Crippen LogP contribution in [0.4, 0.5) is 0 Å². The molecule has 0 amide bonds. The van der Waals surface area contributed by atoms with E-state index in [4.69, 9.17) is 9.47 Å². The first-order valence-corrected chi connectivity index (χ1v) is 9.61. The van der Waals surface area contributed by atoms with Crippen LogP contribution in [0.3, 0.4) is 0 Å². The van der Waals surface area contributed by atoms with Crippen LogP contribution in [0.15, 0.2) is 54.6 Å². The number of hydrogen-bond acceptors (Lipinski definition) is 4. The largest absolute Gasteiger partial charge is 0.492 e. The van der Waals surface area contributed by atoms with Crippen molar-refractivity contribution in [3.63, 3.8) is 0 Å². The summed E-state index contributed by atoms with van der Waals surface area (Å²) in [6.45, 7) is 0.926. The van der Waals surface area contributed by atoms with Crippen LogP contribution >= 0.6 is 0 Å². The lowest BCUT2D eigenvalue weighted by Gasteiger charge is -2.25. The van der Waals surface area contributed by atoms with Gasteiger partial charge >= 0.3 is 0 Å². The third kappa shape index (κ3) is 4.80. The van der Waals surface area contributed by atoms with Crippen LogP contribution in [0.1, 0.15) is 11.1 Å². The Bertz CT molecular complexity index is 762. The van der Waals surface area contributed by atoms with E-state index in [0.717, 1.165) is 6.42 Å². The highest BCUT2D eigenvalue weighted by Crippen LogP contribution is 2.19. The van der Waals surface area contributed by atoms with E-state index in [1.165, 1.54) is 11.1 Å². The summed E-state index contributed by atoms with van der Waals surface area (Å²) in [6, 6.07) is 17.3. The SMILES string of the molecule is O=S(=O)(CCOc1ccccc1)NCC1Cc2ccccc2CO1. The second-order valence-electron chi connectivity index (χ2n) is 5.73. The molecule has 0 aliphatic carbocycles. The topological polar surface area (TPSA) is 64.6 Å². The molecular formula is C18H21NO4S. The van der Waals surface area contributed by atoms with E-state index in [2.05, 4.69) is 10.8 Å². The van der Waals surface area contributed by atoms with Gasteiger partial charge in [-0.1, -0.05) is 42.5 Å². The average Bonchev–Trinajstić information content (AvgIpc) is 2.61. The Balaban J connectivity index is 1.44. The summed E-state index contributed by atoms with van der Waals surface area (Å²) in [6.07, 6.45) is 0.587. The van der Waals surface area contributed by atoms with Crippen molar-refractivity contribution in [2.24, 2.45) is 0 Å². The summed E-state index contributed by atoms with van der Waals surface area (Å²) >= 11 is 0. The zero-order valence-corrected chi connectivity index (χ0v) is 14.2. The van der Waals surface area contributed by atoms with Crippen LogP contribution in [0.25, 0.3) is 0 Å². The molecule has 0 radical (unpaired) electrons. The molecule has 0 fully saturated rings. The zero-order valence-electron chi connectivity index (χ0n) is 13.4. The van der Waals surface area contributed by atoms with Crippen LogP contribution in [0, 0.1) is 0 Å². The molecule has 2 aromatic carbocycles. The normalized spacial score (nSPS) is 17.2. The fraction of sp³-hybridized carbons (Fsp3) is 0.333. The minimum Gasteiger partial charge on any atom is -0.492 e. The maximum absolute atomic E-state index is 12.1. The van der Waals surface area contributed by atoms with Crippen molar-refractivity contribution in [1.29, 1.82) is 0 Å². The number of benzene rings is 2. The van der Waals surface area contributed by atoms with Crippen LogP contribution < -0.4 is 9.46 Å². The molecule has 0 bridgehead atoms. The van der Waals surface area contributed by atoms with E-state index in [-0.39, 0.29) is 25.0 Å². The van der Waals surface area contributed by atoms with Gasteiger partial charge in [0.1, 0.15) is 12.4 Å². The summed E-state index contributed by atoms with van der Waals surface area (Å²) in [5.41, 5.74) is 2.40. The first-order chi connectivity index (χ1) is 11.6. The van der Waals surface area contributed by atoms with Crippen LogP contribution in [-0.2, 0) is 27.8 Å². The Morgan fingerprint density at radius 2 is 1.75 bits per heavy atom. The first kappa shape index (κ1) is 17.0. The van der Waals surface area contributed by atoms with E-state index >= 15 is 0 Å². The molecule has 1 N–H and O–H groups in total. The van der Waals surface area contributed by atoms with Crippen LogP contribution in [0.5, 0.6) is 5.75 Å². The molecule has 3 rings (SSSR count). The minimum atomic E-state index is -3.38. The van der Waals surface area contributed by atoms with E-state index in [1.807, 2.05) is 36.4 Å². The van der Waals surface area contributed by atoms with E-state index in [9.17, 15) is 8.42 Å². The van der Waals surface area contributed by atoms with Crippen molar-refractivity contribution in [3.05, 3.63) is 65.7 Å². The third-order valence-corrected chi connectivity index (χ3v) is 5.25. The van der Waals surface area contributed by atoms with Crippen molar-refractivity contribution in [1.82, 2.24) is 4.72 Å². The van der Waals surface area contributed by atoms with Crippen molar-refractivity contribution in [2.75, 3.05) is 18.9 Å². The molecule has 1 atom stereocenters. The number of para-hydroxylation sites is 1. The minimum absolute atomic E-state index is 0.0782. The number of fused-ring (bicyclic) bond motifs is 1. The van der Waals surface area contributed by atoms with Gasteiger partial charge in [-0.2, -0.15) is 0 Å². The lowest BCUT2D eigenvalue weighted by molar-refractivity contribution is 0.0322. The fourth-order valence-corrected chi connectivity index (χ4v) is 3.51. The van der Waals surface area contributed by atoms with Gasteiger partial charge in [-0.25, -0.2) is 13.1 Å². The molecule has 0 aromatic heterocycles. The number of hydrogen-bond donors (Lipinski definition) is 1. The predicted octanol–water partition coefficient (Wildman–Crippen LogP) is 2.13. The molecule has 2 aromatic rings. The van der Waals surface area contributed by atoms with Gasteiger partial charge in [0.25, 0.3) is 0 Å². The standard InChI is InChI=1S/C18H21NO4S/c20-24(21,11-10-22-17-8-2-1-3-9-17)19-13-18-12-15-6-4-5-7-16(15)14-23-18/h1-9,18-19H,10-14H2. The number of rotatable bonds is 7. The van der Waals surface area contributed by atoms with Crippen molar-refractivity contribution >= 4 is 10.0 Å². The molecule has 1 aliphatic rings. The summed E-state index contributed by atoms with van der Waals surface area (Å²) < 4.78 is 37.9. The van der Waals surface area contributed by atoms with E-state index < -0.39 is 10.0 Å². The van der Waals surface area contributed by atoms with Crippen molar-refractivity contribution in [3.8, 4) is 5.75 Å². The molecule has 0 saturated heterocycles. The van der Waals surface area contributed by atoms with Gasteiger partial charge in [0, 0.05) is 13.0 Å². The monoisotopic (exact) mass is 347 g/mol. The quantitative estimate of drug-likeness (QED) is 0.833. The second-order valence-corrected chi connectivity index (χ2v) is 7.66. The first-order valence-electron chi connectivity index (χ1n) is 7.96. The Morgan fingerprint density at radius 3 is 2.54 bits per heavy atom. The van der Waals surface area contributed by atoms with Gasteiger partial charge < -0.3 is 9.47 Å². The predicted molar refractivity (Wildman–Crippen MR) is 92.4 cm³/mol. The van der Waals surface area contributed by atoms with Gasteiger partial charge in [0.15, 0.2) is 0 Å². The zero-order chi connectivity index (χ0) is 16.8. The maximum atomic E-state index is 12.1. The molecule has 24 heavy (non-hydrogen) atoms. The lowest BCUT2D eigenvalue weighted by Crippen LogP contribution is -2.38. The highest BCUT2D eigenvalue weighted by Gasteiger charge is 2.21. The number of sulfonamides is 1. The Hall–Kier alpha value is -1.89. The number of ether oxygens (including phenoxy) is 2. The molecule has 1 heterocycles. The van der Waals surface area contributed by atoms with E-state index in [1.54, 1.807) is 12.1 Å². The highest BCUT2D eigenvalue weighted by atomic mass is 32.2. The molecular weight excluding hydrogens is 326 g/mol. The summed E-state index contributed by atoms with van der Waals surface area (Å²) in [5, 5.41) is 0. The molecule has 6 heteroatoms. The second kappa shape index (κ2) is 7.79. The third-order valence-electron chi connectivity index (χ3n) is 3.94. The highest BCUT2D eigenvalue weighted by molar-refractivity contribution is 7.89. The molecule has 5 nitrogen and oxygen atoms in total. The average molecular weight is 347 g/mol. The molecule has 1 unspecified atom stereocenters. The van der Waals surface area contributed by atoms with Gasteiger partial charge in [-0.3, -0.25) is 0 Å². The summed E-state index contributed by atoms with van der Waals surface area (Å²) in [5.74, 6) is 0.588. The van der Waals surface area contributed by atoms with Gasteiger partial charge in [-0.15, -0.1) is 0 Å². The van der Waals surface area contributed by atoms with Crippen LogP contribution in [0.2, 0.25) is 0 Å². The van der Waals surface area contributed by atoms with Crippen molar-refractivity contribution in [2.45, 2.75) is 19.1 Å². The van der Waals surface area contributed by atoms with Gasteiger partial charge in [0.05, 0.1) is 18.5 Å². The Morgan fingerprint density at radius 1 is 1.04 bits per heavy atom.